The average molecular weight is 246 g/mol. The number of hydrazone groups is 1. The normalized spacial score (nSPS) is 21.8. The third kappa shape index (κ3) is 1.54. The SMILES string of the molecule is CC1=NNC2C(=O)N(c3ccc(F)cc3)C=CN12. The first-order chi connectivity index (χ1) is 8.66. The lowest BCUT2D eigenvalue weighted by atomic mass is 10.2. The second-order valence-electron chi connectivity index (χ2n) is 4.08. The number of carbonyl (C=O) groups excluding carboxylic acids is 1. The van der Waals surface area contributed by atoms with Crippen LogP contribution in [0.4, 0.5) is 10.1 Å². The molecule has 1 aromatic carbocycles. The summed E-state index contributed by atoms with van der Waals surface area (Å²) in [6, 6.07) is 5.78. The van der Waals surface area contributed by atoms with Crippen LogP contribution >= 0.6 is 0 Å². The molecule has 5 nitrogen and oxygen atoms in total. The molecule has 0 spiro atoms. The molecule has 0 radical (unpaired) electrons. The van der Waals surface area contributed by atoms with Gasteiger partial charge < -0.3 is 4.90 Å². The van der Waals surface area contributed by atoms with Gasteiger partial charge in [0.2, 0.25) is 6.17 Å². The Bertz CT molecular complexity index is 552. The Morgan fingerprint density at radius 2 is 2.00 bits per heavy atom. The van der Waals surface area contributed by atoms with Gasteiger partial charge in [0.1, 0.15) is 11.7 Å². The molecular weight excluding hydrogens is 235 g/mol. The maximum Gasteiger partial charge on any atom is 0.276 e. The molecule has 1 N–H and O–H groups in total. The molecule has 1 aromatic rings. The van der Waals surface area contributed by atoms with Gasteiger partial charge in [-0.1, -0.05) is 0 Å². The summed E-state index contributed by atoms with van der Waals surface area (Å²) in [5.41, 5.74) is 3.39. The van der Waals surface area contributed by atoms with Crippen LogP contribution in [0.1, 0.15) is 6.92 Å². The molecule has 6 heteroatoms. The monoisotopic (exact) mass is 246 g/mol. The summed E-state index contributed by atoms with van der Waals surface area (Å²) in [5.74, 6) is 0.264. The number of nitrogens with one attached hydrogen (secondary N) is 1. The van der Waals surface area contributed by atoms with Gasteiger partial charge in [0.15, 0.2) is 0 Å². The number of nitrogens with zero attached hydrogens (tertiary/aromatic N) is 3. The van der Waals surface area contributed by atoms with Crippen molar-refractivity contribution in [3.8, 4) is 0 Å². The molecule has 2 heterocycles. The summed E-state index contributed by atoms with van der Waals surface area (Å²) in [6.45, 7) is 1.82. The minimum absolute atomic E-state index is 0.148. The van der Waals surface area contributed by atoms with E-state index in [0.717, 1.165) is 5.84 Å². The molecule has 0 saturated heterocycles. The number of hydrogen-bond acceptors (Lipinski definition) is 4. The second kappa shape index (κ2) is 3.83. The van der Waals surface area contributed by atoms with E-state index in [1.807, 2.05) is 6.92 Å². The lowest BCUT2D eigenvalue weighted by Gasteiger charge is -2.31. The van der Waals surface area contributed by atoms with Crippen LogP contribution in [0.2, 0.25) is 0 Å². The topological polar surface area (TPSA) is 47.9 Å². The van der Waals surface area contributed by atoms with Gasteiger partial charge in [-0.15, -0.1) is 0 Å². The van der Waals surface area contributed by atoms with Crippen molar-refractivity contribution in [2.75, 3.05) is 4.90 Å². The number of fused-ring (bicyclic) bond motifs is 1. The van der Waals surface area contributed by atoms with Crippen LogP contribution in [0.3, 0.4) is 0 Å². The maximum absolute atomic E-state index is 12.9. The molecule has 0 saturated carbocycles. The Hall–Kier alpha value is -2.37. The molecule has 3 rings (SSSR count). The highest BCUT2D eigenvalue weighted by Crippen LogP contribution is 2.22. The van der Waals surface area contributed by atoms with Crippen LogP contribution in [0.15, 0.2) is 41.8 Å². The number of amidine groups is 1. The molecule has 18 heavy (non-hydrogen) atoms. The first-order valence-electron chi connectivity index (χ1n) is 5.52. The summed E-state index contributed by atoms with van der Waals surface area (Å²) < 4.78 is 12.9. The molecule has 2 aliphatic rings. The van der Waals surface area contributed by atoms with Crippen molar-refractivity contribution in [1.82, 2.24) is 10.3 Å². The van der Waals surface area contributed by atoms with E-state index in [1.165, 1.54) is 17.0 Å². The molecule has 0 bridgehead atoms. The van der Waals surface area contributed by atoms with E-state index in [1.54, 1.807) is 29.4 Å². The second-order valence-corrected chi connectivity index (χ2v) is 4.08. The molecule has 1 amide bonds. The molecule has 0 fully saturated rings. The van der Waals surface area contributed by atoms with Gasteiger partial charge in [0.25, 0.3) is 5.91 Å². The fourth-order valence-corrected chi connectivity index (χ4v) is 1.99. The zero-order valence-corrected chi connectivity index (χ0v) is 9.67. The standard InChI is InChI=1S/C12H11FN4O/c1-8-14-15-11-12(18)17(7-6-16(8)11)10-4-2-9(13)3-5-10/h2-7,11,15H,1H3. The fraction of sp³-hybridized carbons (Fsp3) is 0.167. The van der Waals surface area contributed by atoms with Crippen LogP contribution in [0.5, 0.6) is 0 Å². The van der Waals surface area contributed by atoms with E-state index in [4.69, 9.17) is 0 Å². The number of carbonyl (C=O) groups is 1. The van der Waals surface area contributed by atoms with Crippen molar-refractivity contribution in [2.24, 2.45) is 5.10 Å². The van der Waals surface area contributed by atoms with Crippen LogP contribution < -0.4 is 10.3 Å². The number of halogens is 1. The number of benzene rings is 1. The Kier molecular flexibility index (Phi) is 2.29. The quantitative estimate of drug-likeness (QED) is 0.810. The van der Waals surface area contributed by atoms with Crippen LogP contribution in [0, 0.1) is 5.82 Å². The molecule has 0 aliphatic carbocycles. The van der Waals surface area contributed by atoms with Crippen LogP contribution in [0.25, 0.3) is 0 Å². The fourth-order valence-electron chi connectivity index (χ4n) is 1.99. The van der Waals surface area contributed by atoms with Gasteiger partial charge in [-0.05, 0) is 31.2 Å². The first-order valence-corrected chi connectivity index (χ1v) is 5.52. The summed E-state index contributed by atoms with van der Waals surface area (Å²) in [6.07, 6.45) is 2.91. The smallest absolute Gasteiger partial charge is 0.276 e. The summed E-state index contributed by atoms with van der Waals surface area (Å²) in [4.78, 5) is 15.5. The maximum atomic E-state index is 12.9. The van der Waals surface area contributed by atoms with Crippen molar-refractivity contribution < 1.29 is 9.18 Å². The lowest BCUT2D eigenvalue weighted by molar-refractivity contribution is -0.122. The van der Waals surface area contributed by atoms with Crippen molar-refractivity contribution in [2.45, 2.75) is 13.1 Å². The Labute approximate surface area is 103 Å². The summed E-state index contributed by atoms with van der Waals surface area (Å²) in [5, 5.41) is 4.01. The summed E-state index contributed by atoms with van der Waals surface area (Å²) >= 11 is 0. The number of anilines is 1. The third-order valence-electron chi connectivity index (χ3n) is 2.95. The minimum atomic E-state index is -0.514. The number of hydrogen-bond donors (Lipinski definition) is 1. The Morgan fingerprint density at radius 3 is 2.72 bits per heavy atom. The van der Waals surface area contributed by atoms with Gasteiger partial charge >= 0.3 is 0 Å². The van der Waals surface area contributed by atoms with Crippen molar-refractivity contribution >= 4 is 17.4 Å². The van der Waals surface area contributed by atoms with E-state index < -0.39 is 6.17 Å². The van der Waals surface area contributed by atoms with E-state index in [2.05, 4.69) is 10.5 Å². The Balaban J connectivity index is 1.92. The van der Waals surface area contributed by atoms with E-state index in [0.29, 0.717) is 5.69 Å². The van der Waals surface area contributed by atoms with Gasteiger partial charge in [-0.25, -0.2) is 4.39 Å². The zero-order chi connectivity index (χ0) is 12.7. The predicted molar refractivity (Wildman–Crippen MR) is 64.9 cm³/mol. The average Bonchev–Trinajstić information content (AvgIpc) is 2.74. The highest BCUT2D eigenvalue weighted by molar-refractivity contribution is 6.03. The van der Waals surface area contributed by atoms with Crippen molar-refractivity contribution in [3.63, 3.8) is 0 Å². The highest BCUT2D eigenvalue weighted by atomic mass is 19.1. The first kappa shape index (κ1) is 10.8. The van der Waals surface area contributed by atoms with Crippen molar-refractivity contribution in [3.05, 3.63) is 42.5 Å². The molecule has 2 aliphatic heterocycles. The van der Waals surface area contributed by atoms with Gasteiger partial charge in [-0.3, -0.25) is 15.1 Å². The predicted octanol–water partition coefficient (Wildman–Crippen LogP) is 1.21. The molecule has 1 unspecified atom stereocenters. The third-order valence-corrected chi connectivity index (χ3v) is 2.95. The molecular formula is C12H11FN4O. The van der Waals surface area contributed by atoms with E-state index in [-0.39, 0.29) is 11.7 Å². The van der Waals surface area contributed by atoms with E-state index >= 15 is 0 Å². The van der Waals surface area contributed by atoms with Gasteiger partial charge in [-0.2, -0.15) is 5.10 Å². The molecule has 92 valence electrons. The highest BCUT2D eigenvalue weighted by Gasteiger charge is 2.36. The Morgan fingerprint density at radius 1 is 1.28 bits per heavy atom. The summed E-state index contributed by atoms with van der Waals surface area (Å²) in [7, 11) is 0. The van der Waals surface area contributed by atoms with Crippen LogP contribution in [-0.4, -0.2) is 22.8 Å². The van der Waals surface area contributed by atoms with Crippen LogP contribution in [-0.2, 0) is 4.79 Å². The molecule has 1 atom stereocenters. The van der Waals surface area contributed by atoms with Gasteiger partial charge in [0.05, 0.1) is 0 Å². The molecule has 0 aromatic heterocycles. The zero-order valence-electron chi connectivity index (χ0n) is 9.67. The number of rotatable bonds is 1. The van der Waals surface area contributed by atoms with Crippen molar-refractivity contribution in [1.29, 1.82) is 0 Å². The largest absolute Gasteiger partial charge is 0.303 e. The minimum Gasteiger partial charge on any atom is -0.303 e. The lowest BCUT2D eigenvalue weighted by Crippen LogP contribution is -2.52. The number of amides is 1. The van der Waals surface area contributed by atoms with E-state index in [9.17, 15) is 9.18 Å². The van der Waals surface area contributed by atoms with Gasteiger partial charge in [0, 0.05) is 18.1 Å².